The molecule has 31 heavy (non-hydrogen) atoms. The maximum Gasteiger partial charge on any atom is 0.229 e. The van der Waals surface area contributed by atoms with Gasteiger partial charge in [0.2, 0.25) is 11.0 Å². The van der Waals surface area contributed by atoms with Gasteiger partial charge in [0.25, 0.3) is 0 Å². The summed E-state index contributed by atoms with van der Waals surface area (Å²) in [6, 6.07) is 12.2. The van der Waals surface area contributed by atoms with Crippen LogP contribution in [-0.4, -0.2) is 41.2 Å². The number of hydrogen-bond donors (Lipinski definition) is 1. The number of hydrogen-bond acceptors (Lipinski definition) is 6. The molecule has 1 aliphatic rings. The zero-order valence-electron chi connectivity index (χ0n) is 17.0. The van der Waals surface area contributed by atoms with E-state index in [4.69, 9.17) is 16.3 Å². The number of methoxy groups -OCH3 is 1. The number of carbonyl (C=O) groups excluding carboxylic acids is 1. The Bertz CT molecular complexity index is 1030. The summed E-state index contributed by atoms with van der Waals surface area (Å²) in [5, 5.41) is 12.8. The molecule has 2 heterocycles. The number of likely N-dealkylation sites (tertiary alicyclic amines) is 1. The summed E-state index contributed by atoms with van der Waals surface area (Å²) < 4.78 is 19.2. The number of ether oxygens (including phenoxy) is 1. The molecule has 162 valence electrons. The summed E-state index contributed by atoms with van der Waals surface area (Å²) in [5.41, 5.74) is 1.42. The lowest BCUT2D eigenvalue weighted by Gasteiger charge is -2.31. The summed E-state index contributed by atoms with van der Waals surface area (Å²) in [6.07, 6.45) is 1.39. The number of anilines is 1. The third-order valence-electron chi connectivity index (χ3n) is 5.39. The molecule has 1 aromatic heterocycles. The number of amides is 1. The third kappa shape index (κ3) is 5.20. The summed E-state index contributed by atoms with van der Waals surface area (Å²) >= 11 is 7.47. The standard InChI is InChI=1S/C22H22ClFN4O2S/c1-30-16-7-5-15(6-8-16)21-26-27-22(31-21)25-20(29)14-9-11-28(12-10-14)13-17-18(23)3-2-4-19(17)24/h2-8,14H,9-13H2,1H3,(H,25,27,29). The fourth-order valence-corrected chi connectivity index (χ4v) is 4.57. The second-order valence-electron chi connectivity index (χ2n) is 7.38. The Morgan fingerprint density at radius 1 is 1.23 bits per heavy atom. The number of nitrogens with one attached hydrogen (secondary N) is 1. The van der Waals surface area contributed by atoms with Crippen LogP contribution in [0.4, 0.5) is 9.52 Å². The summed E-state index contributed by atoms with van der Waals surface area (Å²) in [5.74, 6) is 0.309. The second kappa shape index (κ2) is 9.72. The van der Waals surface area contributed by atoms with E-state index >= 15 is 0 Å². The Balaban J connectivity index is 1.31. The average molecular weight is 461 g/mol. The van der Waals surface area contributed by atoms with E-state index < -0.39 is 0 Å². The molecular formula is C22H22ClFN4O2S. The molecule has 0 unspecified atom stereocenters. The molecule has 0 aliphatic carbocycles. The topological polar surface area (TPSA) is 67.4 Å². The van der Waals surface area contributed by atoms with Gasteiger partial charge in [-0.25, -0.2) is 4.39 Å². The van der Waals surface area contributed by atoms with Crippen LogP contribution in [-0.2, 0) is 11.3 Å². The fraction of sp³-hybridized carbons (Fsp3) is 0.318. The maximum atomic E-state index is 14.0. The minimum atomic E-state index is -0.295. The van der Waals surface area contributed by atoms with E-state index in [1.54, 1.807) is 19.2 Å². The number of aromatic nitrogens is 2. The Hall–Kier alpha value is -2.55. The van der Waals surface area contributed by atoms with Crippen molar-refractivity contribution in [3.63, 3.8) is 0 Å². The van der Waals surface area contributed by atoms with Gasteiger partial charge in [0.05, 0.1) is 7.11 Å². The van der Waals surface area contributed by atoms with Crippen LogP contribution in [0, 0.1) is 11.7 Å². The highest BCUT2D eigenvalue weighted by Gasteiger charge is 2.26. The molecule has 9 heteroatoms. The van der Waals surface area contributed by atoms with Gasteiger partial charge in [-0.3, -0.25) is 9.69 Å². The van der Waals surface area contributed by atoms with Gasteiger partial charge in [0.15, 0.2) is 0 Å². The van der Waals surface area contributed by atoms with Gasteiger partial charge in [-0.2, -0.15) is 0 Å². The molecule has 1 aliphatic heterocycles. The molecule has 0 atom stereocenters. The maximum absolute atomic E-state index is 14.0. The smallest absolute Gasteiger partial charge is 0.229 e. The van der Waals surface area contributed by atoms with E-state index in [1.807, 2.05) is 24.3 Å². The fourth-order valence-electron chi connectivity index (χ4n) is 3.59. The predicted octanol–water partition coefficient (Wildman–Crippen LogP) is 4.86. The van der Waals surface area contributed by atoms with Crippen LogP contribution in [0.3, 0.4) is 0 Å². The zero-order valence-corrected chi connectivity index (χ0v) is 18.5. The van der Waals surface area contributed by atoms with E-state index in [2.05, 4.69) is 20.4 Å². The second-order valence-corrected chi connectivity index (χ2v) is 8.77. The molecular weight excluding hydrogens is 439 g/mol. The Morgan fingerprint density at radius 3 is 2.65 bits per heavy atom. The van der Waals surface area contributed by atoms with Crippen LogP contribution in [0.1, 0.15) is 18.4 Å². The first kappa shape index (κ1) is 21.7. The molecule has 0 saturated carbocycles. The van der Waals surface area contributed by atoms with Crippen LogP contribution < -0.4 is 10.1 Å². The summed E-state index contributed by atoms with van der Waals surface area (Å²) in [7, 11) is 1.62. The number of rotatable bonds is 6. The van der Waals surface area contributed by atoms with E-state index in [0.717, 1.165) is 16.3 Å². The van der Waals surface area contributed by atoms with Gasteiger partial charge in [-0.15, -0.1) is 10.2 Å². The van der Waals surface area contributed by atoms with Crippen LogP contribution in [0.25, 0.3) is 10.6 Å². The normalized spacial score (nSPS) is 15.1. The first-order valence-electron chi connectivity index (χ1n) is 9.97. The Morgan fingerprint density at radius 2 is 1.97 bits per heavy atom. The number of carbonyl (C=O) groups is 1. The molecule has 0 bridgehead atoms. The first-order chi connectivity index (χ1) is 15.0. The SMILES string of the molecule is COc1ccc(-c2nnc(NC(=O)C3CCN(Cc4c(F)cccc4Cl)CC3)s2)cc1. The Kier molecular flexibility index (Phi) is 6.80. The van der Waals surface area contributed by atoms with Crippen molar-refractivity contribution < 1.29 is 13.9 Å². The minimum Gasteiger partial charge on any atom is -0.497 e. The molecule has 0 spiro atoms. The van der Waals surface area contributed by atoms with E-state index in [0.29, 0.717) is 48.2 Å². The van der Waals surface area contributed by atoms with Crippen LogP contribution in [0.5, 0.6) is 5.75 Å². The minimum absolute atomic E-state index is 0.0546. The van der Waals surface area contributed by atoms with Crippen molar-refractivity contribution in [2.75, 3.05) is 25.5 Å². The van der Waals surface area contributed by atoms with E-state index in [1.165, 1.54) is 17.4 Å². The van der Waals surface area contributed by atoms with E-state index in [9.17, 15) is 9.18 Å². The summed E-state index contributed by atoms with van der Waals surface area (Å²) in [4.78, 5) is 14.8. The quantitative estimate of drug-likeness (QED) is 0.569. The molecule has 6 nitrogen and oxygen atoms in total. The van der Waals surface area contributed by atoms with Gasteiger partial charge in [-0.1, -0.05) is 29.0 Å². The van der Waals surface area contributed by atoms with Gasteiger partial charge < -0.3 is 10.1 Å². The van der Waals surface area contributed by atoms with Gasteiger partial charge in [-0.05, 0) is 62.3 Å². The van der Waals surface area contributed by atoms with Crippen molar-refractivity contribution in [3.05, 3.63) is 58.9 Å². The van der Waals surface area contributed by atoms with Crippen LogP contribution in [0.2, 0.25) is 5.02 Å². The average Bonchev–Trinajstić information content (AvgIpc) is 3.25. The van der Waals surface area contributed by atoms with Crippen molar-refractivity contribution in [2.45, 2.75) is 19.4 Å². The van der Waals surface area contributed by atoms with E-state index in [-0.39, 0.29) is 17.6 Å². The lowest BCUT2D eigenvalue weighted by molar-refractivity contribution is -0.121. The zero-order chi connectivity index (χ0) is 21.8. The molecule has 2 aromatic carbocycles. The number of benzene rings is 2. The lowest BCUT2D eigenvalue weighted by Crippen LogP contribution is -2.38. The van der Waals surface area contributed by atoms with Crippen LogP contribution >= 0.6 is 22.9 Å². The molecule has 3 aromatic rings. The van der Waals surface area contributed by atoms with Gasteiger partial charge >= 0.3 is 0 Å². The first-order valence-corrected chi connectivity index (χ1v) is 11.2. The predicted molar refractivity (Wildman–Crippen MR) is 120 cm³/mol. The number of halogens is 2. The van der Waals surface area contributed by atoms with Crippen molar-refractivity contribution in [1.29, 1.82) is 0 Å². The highest BCUT2D eigenvalue weighted by Crippen LogP contribution is 2.29. The van der Waals surface area contributed by atoms with Crippen molar-refractivity contribution in [1.82, 2.24) is 15.1 Å². The molecule has 4 rings (SSSR count). The monoisotopic (exact) mass is 460 g/mol. The lowest BCUT2D eigenvalue weighted by atomic mass is 9.95. The van der Waals surface area contributed by atoms with Gasteiger partial charge in [0, 0.05) is 28.6 Å². The highest BCUT2D eigenvalue weighted by molar-refractivity contribution is 7.18. The van der Waals surface area contributed by atoms with Crippen molar-refractivity contribution in [2.24, 2.45) is 5.92 Å². The van der Waals surface area contributed by atoms with Crippen molar-refractivity contribution >= 4 is 34.0 Å². The number of nitrogens with zero attached hydrogens (tertiary/aromatic N) is 3. The Labute approximate surface area is 189 Å². The molecule has 0 radical (unpaired) electrons. The highest BCUT2D eigenvalue weighted by atomic mass is 35.5. The largest absolute Gasteiger partial charge is 0.497 e. The van der Waals surface area contributed by atoms with Crippen LogP contribution in [0.15, 0.2) is 42.5 Å². The molecule has 1 saturated heterocycles. The van der Waals surface area contributed by atoms with Gasteiger partial charge in [0.1, 0.15) is 16.6 Å². The number of piperidine rings is 1. The molecule has 1 fully saturated rings. The molecule has 1 amide bonds. The molecule has 1 N–H and O–H groups in total. The summed E-state index contributed by atoms with van der Waals surface area (Å²) in [6.45, 7) is 1.85. The third-order valence-corrected chi connectivity index (χ3v) is 6.64. The van der Waals surface area contributed by atoms with Crippen molar-refractivity contribution in [3.8, 4) is 16.3 Å².